The van der Waals surface area contributed by atoms with Crippen molar-refractivity contribution in [1.29, 1.82) is 0 Å². The van der Waals surface area contributed by atoms with Gasteiger partial charge in [-0.15, -0.1) is 11.8 Å². The molecule has 6 nitrogen and oxygen atoms in total. The molecule has 8 heteroatoms. The topological polar surface area (TPSA) is 82.5 Å². The molecule has 2 rings (SSSR count). The fourth-order valence-electron chi connectivity index (χ4n) is 3.82. The van der Waals surface area contributed by atoms with Gasteiger partial charge in [-0.2, -0.15) is 0 Å². The predicted octanol–water partition coefficient (Wildman–Crippen LogP) is 5.56. The molecule has 0 radical (unpaired) electrons. The molecule has 0 saturated heterocycles. The van der Waals surface area contributed by atoms with Gasteiger partial charge in [0, 0.05) is 17.8 Å². The van der Waals surface area contributed by atoms with Gasteiger partial charge in [-0.3, -0.25) is 10.1 Å². The third-order valence-electron chi connectivity index (χ3n) is 5.16. The molecule has 1 aliphatic carbocycles. The molecule has 1 heterocycles. The Hall–Kier alpha value is -1.28. The lowest BCUT2D eigenvalue weighted by molar-refractivity contribution is -0.136. The first-order valence-corrected chi connectivity index (χ1v) is 12.0. The van der Waals surface area contributed by atoms with Crippen LogP contribution < -0.4 is 5.32 Å². The van der Waals surface area contributed by atoms with Crippen LogP contribution in [0.1, 0.15) is 66.2 Å². The molecule has 1 atom stereocenters. The number of rotatable bonds is 9. The maximum Gasteiger partial charge on any atom is 0.324 e. The highest BCUT2D eigenvalue weighted by molar-refractivity contribution is 8.01. The smallest absolute Gasteiger partial charge is 0.324 e. The summed E-state index contributed by atoms with van der Waals surface area (Å²) in [6.07, 6.45) is 7.26. The number of hydrogen-bond acceptors (Lipinski definition) is 5. The van der Waals surface area contributed by atoms with Gasteiger partial charge in [0.25, 0.3) is 0 Å². The largest absolute Gasteiger partial charge is 0.481 e. The van der Waals surface area contributed by atoms with Crippen LogP contribution in [0.4, 0.5) is 9.93 Å². The van der Waals surface area contributed by atoms with E-state index in [0.29, 0.717) is 16.8 Å². The normalized spacial score (nSPS) is 20.8. The summed E-state index contributed by atoms with van der Waals surface area (Å²) < 4.78 is 0.921. The Morgan fingerprint density at radius 3 is 2.61 bits per heavy atom. The summed E-state index contributed by atoms with van der Waals surface area (Å²) in [5, 5.41) is 12.3. The summed E-state index contributed by atoms with van der Waals surface area (Å²) in [6, 6.07) is 0.404. The van der Waals surface area contributed by atoms with E-state index < -0.39 is 5.97 Å². The second kappa shape index (κ2) is 11.0. The molecule has 158 valence electrons. The number of thiazole rings is 1. The lowest BCUT2D eigenvalue weighted by atomic mass is 9.85. The average Bonchev–Trinajstić information content (AvgIpc) is 3.03. The quantitative estimate of drug-likeness (QED) is 0.504. The third kappa shape index (κ3) is 7.28. The number of urea groups is 1. The number of amides is 2. The van der Waals surface area contributed by atoms with Gasteiger partial charge in [-0.25, -0.2) is 9.78 Å². The van der Waals surface area contributed by atoms with E-state index >= 15 is 0 Å². The summed E-state index contributed by atoms with van der Waals surface area (Å²) in [4.78, 5) is 30.1. The summed E-state index contributed by atoms with van der Waals surface area (Å²) >= 11 is 2.86. The molecule has 2 amide bonds. The lowest BCUT2D eigenvalue weighted by Crippen LogP contribution is -2.49. The molecule has 1 aliphatic rings. The highest BCUT2D eigenvalue weighted by atomic mass is 32.2. The number of hydrogen-bond donors (Lipinski definition) is 2. The second-order valence-electron chi connectivity index (χ2n) is 8.21. The Morgan fingerprint density at radius 2 is 2.00 bits per heavy atom. The molecule has 28 heavy (non-hydrogen) atoms. The number of anilines is 1. The van der Waals surface area contributed by atoms with Crippen molar-refractivity contribution in [3.05, 3.63) is 6.20 Å². The molecule has 1 fully saturated rings. The molecular weight excluding hydrogens is 394 g/mol. The van der Waals surface area contributed by atoms with Crippen molar-refractivity contribution in [2.75, 3.05) is 11.1 Å². The second-order valence-corrected chi connectivity index (χ2v) is 10.6. The fourth-order valence-corrected chi connectivity index (χ4v) is 5.69. The van der Waals surface area contributed by atoms with E-state index in [0.717, 1.165) is 29.4 Å². The van der Waals surface area contributed by atoms with E-state index in [-0.39, 0.29) is 24.5 Å². The number of thioether (sulfide) groups is 1. The first-order chi connectivity index (χ1) is 13.3. The van der Waals surface area contributed by atoms with Crippen LogP contribution in [-0.4, -0.2) is 44.8 Å². The van der Waals surface area contributed by atoms with Crippen molar-refractivity contribution in [3.8, 4) is 0 Å². The molecule has 1 saturated carbocycles. The molecule has 0 bridgehead atoms. The van der Waals surface area contributed by atoms with Crippen LogP contribution in [0.3, 0.4) is 0 Å². The number of nitrogens with zero attached hydrogens (tertiary/aromatic N) is 2. The zero-order valence-corrected chi connectivity index (χ0v) is 18.9. The van der Waals surface area contributed by atoms with Crippen molar-refractivity contribution in [1.82, 2.24) is 9.88 Å². The van der Waals surface area contributed by atoms with Crippen molar-refractivity contribution >= 4 is 40.2 Å². The zero-order chi connectivity index (χ0) is 20.7. The number of carbonyl (C=O) groups is 2. The van der Waals surface area contributed by atoms with E-state index in [1.165, 1.54) is 35.9 Å². The van der Waals surface area contributed by atoms with Crippen molar-refractivity contribution in [3.63, 3.8) is 0 Å². The Labute approximate surface area is 176 Å². The summed E-state index contributed by atoms with van der Waals surface area (Å²) in [5.41, 5.74) is 0. The van der Waals surface area contributed by atoms with Crippen LogP contribution >= 0.6 is 23.1 Å². The van der Waals surface area contributed by atoms with Gasteiger partial charge in [-0.1, -0.05) is 32.1 Å². The van der Waals surface area contributed by atoms with Gasteiger partial charge < -0.3 is 10.0 Å². The monoisotopic (exact) mass is 427 g/mol. The van der Waals surface area contributed by atoms with Gasteiger partial charge >= 0.3 is 12.0 Å². The van der Waals surface area contributed by atoms with Gasteiger partial charge in [0.15, 0.2) is 5.13 Å². The first-order valence-electron chi connectivity index (χ1n) is 10.2. The van der Waals surface area contributed by atoms with Gasteiger partial charge in [0.2, 0.25) is 0 Å². The first kappa shape index (κ1) is 23.0. The van der Waals surface area contributed by atoms with Crippen LogP contribution in [-0.2, 0) is 4.79 Å². The van der Waals surface area contributed by atoms with Crippen molar-refractivity contribution in [2.45, 2.75) is 82.5 Å². The molecule has 0 spiro atoms. The number of carboxylic acid groups (broad SMARTS) is 1. The number of nitrogens with one attached hydrogen (secondary N) is 1. The molecule has 0 aliphatic heterocycles. The molecule has 1 unspecified atom stereocenters. The Kier molecular flexibility index (Phi) is 9.08. The molecule has 2 N–H and O–H groups in total. The van der Waals surface area contributed by atoms with E-state index in [1.54, 1.807) is 6.20 Å². The van der Waals surface area contributed by atoms with Crippen LogP contribution in [0, 0.1) is 11.8 Å². The van der Waals surface area contributed by atoms with Crippen molar-refractivity contribution in [2.24, 2.45) is 11.8 Å². The van der Waals surface area contributed by atoms with E-state index in [4.69, 9.17) is 5.11 Å². The van der Waals surface area contributed by atoms with E-state index in [2.05, 4.69) is 38.0 Å². The average molecular weight is 428 g/mol. The third-order valence-corrected chi connectivity index (χ3v) is 7.27. The Balaban J connectivity index is 2.01. The van der Waals surface area contributed by atoms with Crippen LogP contribution in [0.25, 0.3) is 0 Å². The minimum atomic E-state index is -0.804. The molecule has 1 aromatic rings. The molecular formula is C20H33N3O3S2. The van der Waals surface area contributed by atoms with Gasteiger partial charge in [-0.05, 0) is 50.9 Å². The van der Waals surface area contributed by atoms with Crippen molar-refractivity contribution < 1.29 is 14.7 Å². The van der Waals surface area contributed by atoms with Gasteiger partial charge in [0.1, 0.15) is 0 Å². The summed E-state index contributed by atoms with van der Waals surface area (Å²) in [7, 11) is 0. The zero-order valence-electron chi connectivity index (χ0n) is 17.3. The number of carbonyl (C=O) groups excluding carboxylic acids is 1. The van der Waals surface area contributed by atoms with Gasteiger partial charge in [0.05, 0.1) is 16.8 Å². The minimum Gasteiger partial charge on any atom is -0.481 e. The van der Waals surface area contributed by atoms with Crippen LogP contribution in [0.2, 0.25) is 0 Å². The Morgan fingerprint density at radius 1 is 1.32 bits per heavy atom. The molecule has 0 aromatic carbocycles. The Bertz CT molecular complexity index is 642. The summed E-state index contributed by atoms with van der Waals surface area (Å²) in [5.74, 6) is 0.973. The SMILES string of the molecule is CC(C)CC(C)N(C(=O)Nc1ncc(SCCC(=O)O)s1)[C@H]1CC[C@H](C)CC1. The number of aliphatic carboxylic acids is 1. The highest BCUT2D eigenvalue weighted by Crippen LogP contribution is 2.32. The highest BCUT2D eigenvalue weighted by Gasteiger charge is 2.31. The standard InChI is InChI=1S/C20H33N3O3S2/c1-13(2)11-15(4)23(16-7-5-14(3)6-8-16)20(26)22-19-21-12-18(28-19)27-10-9-17(24)25/h12-16H,5-11H2,1-4H3,(H,24,25)(H,21,22,26)/t14-,15?,16-. The fraction of sp³-hybridized carbons (Fsp3) is 0.750. The van der Waals surface area contributed by atoms with Crippen LogP contribution in [0.5, 0.6) is 0 Å². The van der Waals surface area contributed by atoms with Crippen LogP contribution in [0.15, 0.2) is 10.4 Å². The number of aromatic nitrogens is 1. The molecule has 1 aromatic heterocycles. The maximum absolute atomic E-state index is 13.1. The maximum atomic E-state index is 13.1. The van der Waals surface area contributed by atoms with E-state index in [1.807, 2.05) is 4.90 Å². The predicted molar refractivity (Wildman–Crippen MR) is 116 cm³/mol. The number of carboxylic acids is 1. The lowest BCUT2D eigenvalue weighted by Gasteiger charge is -2.40. The minimum absolute atomic E-state index is 0.0656. The van der Waals surface area contributed by atoms with E-state index in [9.17, 15) is 9.59 Å². The summed E-state index contributed by atoms with van der Waals surface area (Å²) in [6.45, 7) is 8.82.